The molecule has 0 amide bonds. The minimum Gasteiger partial charge on any atom is -0.324 e. The van der Waals surface area contributed by atoms with Gasteiger partial charge in [-0.1, -0.05) is 11.2 Å². The Balaban J connectivity index is 3.51. The van der Waals surface area contributed by atoms with Gasteiger partial charge in [0.25, 0.3) is 7.37 Å². The van der Waals surface area contributed by atoms with Crippen molar-refractivity contribution in [3.63, 3.8) is 0 Å². The Morgan fingerprint density at radius 3 is 2.22 bits per heavy atom. The zero-order valence-corrected chi connectivity index (χ0v) is 15.0. The summed E-state index contributed by atoms with van der Waals surface area (Å²) < 4.78 is 42.2. The van der Waals surface area contributed by atoms with Gasteiger partial charge in [-0.2, -0.15) is 0 Å². The monoisotopic (exact) mass is 362 g/mol. The van der Waals surface area contributed by atoms with E-state index in [1.54, 1.807) is 32.9 Å². The zero-order valence-electron chi connectivity index (χ0n) is 13.2. The van der Waals surface area contributed by atoms with E-state index in [9.17, 15) is 9.13 Å². The van der Waals surface area contributed by atoms with E-state index in [1.165, 1.54) is 12.3 Å². The largest absolute Gasteiger partial charge is 0.349 e. The highest BCUT2D eigenvalue weighted by Crippen LogP contribution is 2.69. The summed E-state index contributed by atoms with van der Waals surface area (Å²) in [6, 6.07) is 4.69. The van der Waals surface area contributed by atoms with E-state index in [0.29, 0.717) is 0 Å². The lowest BCUT2D eigenvalue weighted by Gasteiger charge is -2.28. The summed E-state index contributed by atoms with van der Waals surface area (Å²) in [5.41, 5.74) is 7.24. The highest BCUT2D eigenvalue weighted by Gasteiger charge is 2.51. The molecule has 1 aromatic rings. The molecule has 0 saturated carbocycles. The fraction of sp³-hybridized carbons (Fsp3) is 0.583. The molecule has 0 radical (unpaired) electrons. The molecule has 128 valence electrons. The van der Waals surface area contributed by atoms with Crippen LogP contribution < -0.4 is 5.44 Å². The lowest BCUT2D eigenvalue weighted by Crippen LogP contribution is -2.22. The van der Waals surface area contributed by atoms with Crippen molar-refractivity contribution in [2.75, 3.05) is 19.8 Å². The minimum absolute atomic E-state index is 0.0308. The Hall–Kier alpha value is -1.20. The van der Waals surface area contributed by atoms with Gasteiger partial charge in [0.05, 0.1) is 19.8 Å². The van der Waals surface area contributed by atoms with E-state index >= 15 is 0 Å². The van der Waals surface area contributed by atoms with E-state index in [4.69, 9.17) is 19.1 Å². The standard InChI is InChI=1S/C12H20N4O5P2/c1-4-19-22(17,11-9-7-8-10-14-11)12(15-16-13)23(18,20-5-2)21-6-3/h7-10,12H,4-6H2,1-3H3. The second kappa shape index (κ2) is 9.18. The Bertz CT molecular complexity index is 626. The molecule has 0 aliphatic carbocycles. The van der Waals surface area contributed by atoms with Crippen LogP contribution in [0.3, 0.4) is 0 Å². The van der Waals surface area contributed by atoms with Gasteiger partial charge in [0.2, 0.25) is 5.52 Å². The quantitative estimate of drug-likeness (QED) is 0.269. The van der Waals surface area contributed by atoms with Crippen LogP contribution in [0, 0.1) is 0 Å². The number of pyridine rings is 1. The number of rotatable bonds is 10. The normalized spacial score (nSPS) is 15.4. The van der Waals surface area contributed by atoms with Crippen LogP contribution in [0.4, 0.5) is 0 Å². The predicted molar refractivity (Wildman–Crippen MR) is 86.9 cm³/mol. The van der Waals surface area contributed by atoms with Crippen molar-refractivity contribution in [2.24, 2.45) is 5.11 Å². The third-order valence-corrected chi connectivity index (χ3v) is 8.57. The molecule has 23 heavy (non-hydrogen) atoms. The fourth-order valence-corrected chi connectivity index (χ4v) is 7.14. The highest BCUT2D eigenvalue weighted by molar-refractivity contribution is 7.79. The lowest BCUT2D eigenvalue weighted by molar-refractivity contribution is 0.215. The van der Waals surface area contributed by atoms with E-state index in [2.05, 4.69) is 15.0 Å². The molecule has 0 bridgehead atoms. The Kier molecular flexibility index (Phi) is 7.92. The SMILES string of the molecule is CCOP(=O)(OCC)C(N=[N+]=[N-])P(=O)(OCC)c1ccccn1. The summed E-state index contributed by atoms with van der Waals surface area (Å²) in [6.45, 7) is 4.93. The maximum atomic E-state index is 13.4. The molecule has 11 heteroatoms. The highest BCUT2D eigenvalue weighted by atomic mass is 31.2. The lowest BCUT2D eigenvalue weighted by atomic mass is 10.5. The van der Waals surface area contributed by atoms with Gasteiger partial charge in [0, 0.05) is 11.1 Å². The maximum absolute atomic E-state index is 13.4. The molecule has 0 saturated heterocycles. The van der Waals surface area contributed by atoms with Crippen molar-refractivity contribution in [3.8, 4) is 0 Å². The third kappa shape index (κ3) is 4.64. The van der Waals surface area contributed by atoms with Crippen molar-refractivity contribution >= 4 is 20.4 Å². The number of nitrogens with zero attached hydrogens (tertiary/aromatic N) is 4. The van der Waals surface area contributed by atoms with Gasteiger partial charge >= 0.3 is 7.60 Å². The third-order valence-electron chi connectivity index (χ3n) is 2.65. The summed E-state index contributed by atoms with van der Waals surface area (Å²) in [7, 11) is -7.94. The van der Waals surface area contributed by atoms with Gasteiger partial charge in [-0.25, -0.2) is 0 Å². The summed E-state index contributed by atoms with van der Waals surface area (Å²) in [5.74, 6) is 0. The maximum Gasteiger partial charge on any atom is 0.349 e. The predicted octanol–water partition coefficient (Wildman–Crippen LogP) is 3.88. The average molecular weight is 362 g/mol. The molecule has 1 aromatic heterocycles. The van der Waals surface area contributed by atoms with Crippen LogP contribution in [-0.4, -0.2) is 30.3 Å². The molecule has 0 aromatic carbocycles. The number of hydrogen-bond acceptors (Lipinski definition) is 7. The number of aromatic nitrogens is 1. The molecule has 9 nitrogen and oxygen atoms in total. The molecule has 2 unspecified atom stereocenters. The van der Waals surface area contributed by atoms with Crippen LogP contribution in [-0.2, 0) is 22.7 Å². The molecular weight excluding hydrogens is 342 g/mol. The van der Waals surface area contributed by atoms with E-state index in [1.807, 2.05) is 0 Å². The van der Waals surface area contributed by atoms with Gasteiger partial charge in [-0.3, -0.25) is 14.1 Å². The average Bonchev–Trinajstić information content (AvgIpc) is 2.54. The Morgan fingerprint density at radius 1 is 1.17 bits per heavy atom. The van der Waals surface area contributed by atoms with Crippen LogP contribution in [0.15, 0.2) is 29.5 Å². The topological polar surface area (TPSA) is 123 Å². The molecule has 0 aliphatic rings. The fourth-order valence-electron chi connectivity index (χ4n) is 1.88. The summed E-state index contributed by atoms with van der Waals surface area (Å²) in [5, 5.41) is 3.44. The molecule has 1 rings (SSSR count). The second-order valence-corrected chi connectivity index (χ2v) is 9.02. The summed E-state index contributed by atoms with van der Waals surface area (Å²) in [6.07, 6.45) is 1.42. The molecule has 2 atom stereocenters. The smallest absolute Gasteiger partial charge is 0.324 e. The van der Waals surface area contributed by atoms with Crippen LogP contribution in [0.5, 0.6) is 0 Å². The van der Waals surface area contributed by atoms with Crippen molar-refractivity contribution in [3.05, 3.63) is 34.8 Å². The molecule has 0 N–H and O–H groups in total. The number of hydrogen-bond donors (Lipinski definition) is 0. The first kappa shape index (κ1) is 19.8. The van der Waals surface area contributed by atoms with Crippen molar-refractivity contribution in [1.82, 2.24) is 4.98 Å². The molecule has 0 aliphatic heterocycles. The molecule has 0 fully saturated rings. The van der Waals surface area contributed by atoms with E-state index in [-0.39, 0.29) is 25.3 Å². The second-order valence-electron chi connectivity index (χ2n) is 4.13. The van der Waals surface area contributed by atoms with Gasteiger partial charge in [-0.15, -0.1) is 0 Å². The first-order chi connectivity index (χ1) is 11.0. The van der Waals surface area contributed by atoms with Crippen LogP contribution in [0.1, 0.15) is 20.8 Å². The first-order valence-electron chi connectivity index (χ1n) is 7.07. The zero-order chi connectivity index (χ0) is 17.3. The first-order valence-corrected chi connectivity index (χ1v) is 10.4. The van der Waals surface area contributed by atoms with E-state index in [0.717, 1.165) is 0 Å². The van der Waals surface area contributed by atoms with Crippen molar-refractivity contribution in [2.45, 2.75) is 26.3 Å². The van der Waals surface area contributed by atoms with Gasteiger partial charge in [0.15, 0.2) is 0 Å². The van der Waals surface area contributed by atoms with Crippen molar-refractivity contribution in [1.29, 1.82) is 0 Å². The van der Waals surface area contributed by atoms with Gasteiger partial charge in [0.1, 0.15) is 5.44 Å². The minimum atomic E-state index is -4.01. The Labute approximate surface area is 135 Å². The summed E-state index contributed by atoms with van der Waals surface area (Å²) in [4.78, 5) is 6.66. The van der Waals surface area contributed by atoms with Crippen molar-refractivity contribution < 1.29 is 22.7 Å². The molecule has 0 spiro atoms. The molecule has 1 heterocycles. The molecular formula is C12H20N4O5P2. The van der Waals surface area contributed by atoms with Crippen LogP contribution in [0.25, 0.3) is 10.4 Å². The van der Waals surface area contributed by atoms with E-state index < -0.39 is 20.5 Å². The van der Waals surface area contributed by atoms with Gasteiger partial charge in [-0.05, 0) is 38.4 Å². The van der Waals surface area contributed by atoms with Crippen LogP contribution in [0.2, 0.25) is 0 Å². The van der Waals surface area contributed by atoms with Gasteiger partial charge < -0.3 is 13.6 Å². The summed E-state index contributed by atoms with van der Waals surface area (Å²) >= 11 is 0. The number of azide groups is 1. The Morgan fingerprint density at radius 2 is 1.78 bits per heavy atom. The van der Waals surface area contributed by atoms with Crippen LogP contribution >= 0.6 is 15.0 Å².